The van der Waals surface area contributed by atoms with Crippen molar-refractivity contribution in [3.05, 3.63) is 29.6 Å². The van der Waals surface area contributed by atoms with Gasteiger partial charge >= 0.3 is 0 Å². The lowest BCUT2D eigenvalue weighted by atomic mass is 9.96. The van der Waals surface area contributed by atoms with Gasteiger partial charge in [-0.25, -0.2) is 4.39 Å². The molecule has 0 bridgehead atoms. The molecule has 1 heterocycles. The molecule has 0 aromatic heterocycles. The van der Waals surface area contributed by atoms with Crippen molar-refractivity contribution in [1.82, 2.24) is 4.90 Å². The van der Waals surface area contributed by atoms with Gasteiger partial charge in [-0.3, -0.25) is 4.90 Å². The predicted molar refractivity (Wildman–Crippen MR) is 72.8 cm³/mol. The number of halogens is 1. The van der Waals surface area contributed by atoms with E-state index >= 15 is 0 Å². The van der Waals surface area contributed by atoms with Crippen LogP contribution in [-0.4, -0.2) is 35.8 Å². The number of benzene rings is 1. The van der Waals surface area contributed by atoms with Gasteiger partial charge in [0, 0.05) is 5.56 Å². The van der Waals surface area contributed by atoms with Gasteiger partial charge in [-0.15, -0.1) is 0 Å². The molecule has 2 atom stereocenters. The summed E-state index contributed by atoms with van der Waals surface area (Å²) in [5.41, 5.74) is 0.764. The maximum Gasteiger partial charge on any atom is 0.165 e. The predicted octanol–water partition coefficient (Wildman–Crippen LogP) is 2.74. The fourth-order valence-corrected chi connectivity index (χ4v) is 2.78. The Bertz CT molecular complexity index is 419. The highest BCUT2D eigenvalue weighted by Gasteiger charge is 2.34. The molecule has 0 amide bonds. The second-order valence-electron chi connectivity index (χ2n) is 5.02. The van der Waals surface area contributed by atoms with Crippen LogP contribution in [0.2, 0.25) is 0 Å². The summed E-state index contributed by atoms with van der Waals surface area (Å²) in [6.07, 6.45) is 1.41. The number of rotatable bonds is 5. The fraction of sp³-hybridized carbons (Fsp3) is 0.600. The van der Waals surface area contributed by atoms with Gasteiger partial charge in [0.05, 0.1) is 6.04 Å². The van der Waals surface area contributed by atoms with Crippen molar-refractivity contribution < 1.29 is 14.2 Å². The van der Waals surface area contributed by atoms with Crippen LogP contribution in [0.25, 0.3) is 0 Å². The van der Waals surface area contributed by atoms with Crippen molar-refractivity contribution in [2.45, 2.75) is 38.8 Å². The van der Waals surface area contributed by atoms with Crippen LogP contribution >= 0.6 is 0 Å². The van der Waals surface area contributed by atoms with Crippen molar-refractivity contribution in [3.8, 4) is 5.75 Å². The molecule has 2 unspecified atom stereocenters. The second-order valence-corrected chi connectivity index (χ2v) is 5.02. The van der Waals surface area contributed by atoms with Crippen LogP contribution in [0.5, 0.6) is 5.75 Å². The molecule has 1 aromatic carbocycles. The molecule has 0 saturated heterocycles. The summed E-state index contributed by atoms with van der Waals surface area (Å²) < 4.78 is 19.1. The van der Waals surface area contributed by atoms with E-state index in [2.05, 4.69) is 18.7 Å². The minimum Gasteiger partial charge on any atom is -0.487 e. The molecule has 0 radical (unpaired) electrons. The summed E-state index contributed by atoms with van der Waals surface area (Å²) in [6, 6.07) is 4.76. The Morgan fingerprint density at radius 3 is 2.63 bits per heavy atom. The molecule has 4 heteroatoms. The first-order valence-electron chi connectivity index (χ1n) is 7.02. The topological polar surface area (TPSA) is 32.7 Å². The first kappa shape index (κ1) is 14.3. The van der Waals surface area contributed by atoms with Gasteiger partial charge in [0.25, 0.3) is 0 Å². The summed E-state index contributed by atoms with van der Waals surface area (Å²) >= 11 is 0. The van der Waals surface area contributed by atoms with Gasteiger partial charge in [-0.05, 0) is 32.0 Å². The minimum atomic E-state index is -0.604. The van der Waals surface area contributed by atoms with Gasteiger partial charge in [0.15, 0.2) is 11.6 Å². The van der Waals surface area contributed by atoms with Gasteiger partial charge < -0.3 is 9.84 Å². The zero-order chi connectivity index (χ0) is 13.8. The monoisotopic (exact) mass is 267 g/mol. The summed E-state index contributed by atoms with van der Waals surface area (Å²) in [6.45, 7) is 6.17. The van der Waals surface area contributed by atoms with E-state index < -0.39 is 6.10 Å². The molecule has 1 N–H and O–H groups in total. The van der Waals surface area contributed by atoms with Crippen molar-refractivity contribution in [2.24, 2.45) is 0 Å². The van der Waals surface area contributed by atoms with E-state index in [1.165, 1.54) is 6.07 Å². The quantitative estimate of drug-likeness (QED) is 0.890. The van der Waals surface area contributed by atoms with Crippen LogP contribution in [0.3, 0.4) is 0 Å². The van der Waals surface area contributed by atoms with Crippen LogP contribution in [0.1, 0.15) is 38.3 Å². The van der Waals surface area contributed by atoms with E-state index in [9.17, 15) is 9.50 Å². The molecule has 3 nitrogen and oxygen atoms in total. The number of ether oxygens (including phenoxy) is 1. The largest absolute Gasteiger partial charge is 0.487 e. The first-order chi connectivity index (χ1) is 9.19. The fourth-order valence-electron chi connectivity index (χ4n) is 2.78. The average Bonchev–Trinajstić information content (AvgIpc) is 2.39. The van der Waals surface area contributed by atoms with Crippen molar-refractivity contribution in [3.63, 3.8) is 0 Å². The lowest BCUT2D eigenvalue weighted by Gasteiger charge is -2.38. The van der Waals surface area contributed by atoms with E-state index in [1.807, 2.05) is 6.07 Å². The first-order valence-corrected chi connectivity index (χ1v) is 7.02. The number of aliphatic hydroxyl groups is 1. The zero-order valence-electron chi connectivity index (χ0n) is 11.6. The zero-order valence-corrected chi connectivity index (χ0v) is 11.6. The van der Waals surface area contributed by atoms with Gasteiger partial charge in [0.2, 0.25) is 0 Å². The van der Waals surface area contributed by atoms with E-state index in [0.717, 1.165) is 31.5 Å². The normalized spacial score (nSPS) is 22.2. The molecule has 1 aliphatic rings. The molecular weight excluding hydrogens is 245 g/mol. The maximum absolute atomic E-state index is 13.8. The van der Waals surface area contributed by atoms with E-state index in [1.54, 1.807) is 6.07 Å². The highest BCUT2D eigenvalue weighted by atomic mass is 19.1. The van der Waals surface area contributed by atoms with Crippen LogP contribution in [0.15, 0.2) is 18.2 Å². The lowest BCUT2D eigenvalue weighted by molar-refractivity contribution is -0.00181. The molecule has 0 aliphatic carbocycles. The SMILES string of the molecule is CCCN(CCC)C1c2cccc(F)c2OCC1O. The highest BCUT2D eigenvalue weighted by molar-refractivity contribution is 5.39. The molecule has 19 heavy (non-hydrogen) atoms. The van der Waals surface area contributed by atoms with Gasteiger partial charge in [-0.2, -0.15) is 0 Å². The number of aliphatic hydroxyl groups excluding tert-OH is 1. The van der Waals surface area contributed by atoms with Gasteiger partial charge in [-0.1, -0.05) is 26.0 Å². The number of fused-ring (bicyclic) bond motifs is 1. The van der Waals surface area contributed by atoms with Crippen LogP contribution in [0, 0.1) is 5.82 Å². The highest BCUT2D eigenvalue weighted by Crippen LogP contribution is 2.37. The number of nitrogens with zero attached hydrogens (tertiary/aromatic N) is 1. The molecule has 106 valence electrons. The summed E-state index contributed by atoms with van der Waals surface area (Å²) in [7, 11) is 0. The Labute approximate surface area is 114 Å². The molecule has 1 aliphatic heterocycles. The second kappa shape index (κ2) is 6.35. The third-order valence-corrected chi connectivity index (χ3v) is 3.49. The third kappa shape index (κ3) is 2.90. The Morgan fingerprint density at radius 1 is 1.32 bits per heavy atom. The Kier molecular flexibility index (Phi) is 4.77. The molecule has 0 spiro atoms. The van der Waals surface area contributed by atoms with Crippen LogP contribution in [-0.2, 0) is 0 Å². The van der Waals surface area contributed by atoms with E-state index in [-0.39, 0.29) is 18.5 Å². The Morgan fingerprint density at radius 2 is 2.00 bits per heavy atom. The Balaban J connectivity index is 2.35. The maximum atomic E-state index is 13.8. The molecule has 1 aromatic rings. The van der Waals surface area contributed by atoms with Gasteiger partial charge in [0.1, 0.15) is 12.7 Å². The number of para-hydroxylation sites is 1. The lowest BCUT2D eigenvalue weighted by Crippen LogP contribution is -2.43. The minimum absolute atomic E-state index is 0.155. The summed E-state index contributed by atoms with van der Waals surface area (Å²) in [4.78, 5) is 2.23. The smallest absolute Gasteiger partial charge is 0.165 e. The van der Waals surface area contributed by atoms with Crippen LogP contribution < -0.4 is 4.74 Å². The van der Waals surface area contributed by atoms with Crippen molar-refractivity contribution in [2.75, 3.05) is 19.7 Å². The Hall–Kier alpha value is -1.13. The molecular formula is C15H22FNO2. The third-order valence-electron chi connectivity index (χ3n) is 3.49. The number of hydrogen-bond donors (Lipinski definition) is 1. The summed E-state index contributed by atoms with van der Waals surface area (Å²) in [5.74, 6) is -0.0441. The van der Waals surface area contributed by atoms with Crippen molar-refractivity contribution in [1.29, 1.82) is 0 Å². The molecule has 2 rings (SSSR count). The average molecular weight is 267 g/mol. The van der Waals surface area contributed by atoms with E-state index in [4.69, 9.17) is 4.74 Å². The van der Waals surface area contributed by atoms with Crippen molar-refractivity contribution >= 4 is 0 Å². The summed E-state index contributed by atoms with van der Waals surface area (Å²) in [5, 5.41) is 10.2. The van der Waals surface area contributed by atoms with E-state index in [0.29, 0.717) is 5.75 Å². The molecule has 0 saturated carbocycles. The standard InChI is InChI=1S/C15H22FNO2/c1-3-8-17(9-4-2)14-11-6-5-7-12(16)15(11)19-10-13(14)18/h5-7,13-14,18H,3-4,8-10H2,1-2H3. The molecule has 0 fully saturated rings. The van der Waals surface area contributed by atoms with Crippen LogP contribution in [0.4, 0.5) is 4.39 Å². The number of hydrogen-bond acceptors (Lipinski definition) is 3.